The van der Waals surface area contributed by atoms with Gasteiger partial charge in [0.05, 0.1) is 25.9 Å². The summed E-state index contributed by atoms with van der Waals surface area (Å²) in [5, 5.41) is 2.77. The Morgan fingerprint density at radius 2 is 0.938 bits per heavy atom. The minimum Gasteiger partial charge on any atom is -0.414 e. The van der Waals surface area contributed by atoms with Crippen LogP contribution in [0, 0.1) is 5.92 Å². The summed E-state index contributed by atoms with van der Waals surface area (Å²) >= 11 is 0. The van der Waals surface area contributed by atoms with E-state index in [1.165, 1.54) is 20.2 Å². The molecule has 0 spiro atoms. The van der Waals surface area contributed by atoms with Crippen LogP contribution >= 0.6 is 0 Å². The Morgan fingerprint density at radius 3 is 1.27 bits per heavy atom. The second kappa shape index (κ2) is 23.7. The highest BCUT2D eigenvalue weighted by atomic mass is 28.5. The first-order chi connectivity index (χ1) is 37.5. The Kier molecular flexibility index (Phi) is 19.0. The largest absolute Gasteiger partial charge is 0.414 e. The van der Waals surface area contributed by atoms with Gasteiger partial charge in [-0.05, 0) is 58.2 Å². The van der Waals surface area contributed by atoms with Crippen molar-refractivity contribution in [1.29, 1.82) is 0 Å². The molecule has 0 aromatic carbocycles. The van der Waals surface area contributed by atoms with Crippen LogP contribution in [-0.4, -0.2) is 156 Å². The maximum atomic E-state index is 17.4. The number of nitrogens with zero attached hydrogens (tertiary/aromatic N) is 10. The van der Waals surface area contributed by atoms with Crippen LogP contribution in [0.15, 0.2) is 12.7 Å². The first-order valence-electron chi connectivity index (χ1n) is 29.1. The van der Waals surface area contributed by atoms with Crippen molar-refractivity contribution in [2.75, 3.05) is 62.3 Å². The van der Waals surface area contributed by atoms with Crippen LogP contribution in [0.5, 0.6) is 0 Å². The standard InChI is InChI=1S/C29H51FN6O5Si2.C25H45FN6O4Si2.H2/c1-16(2)26(37)34-28-32-24(35(12)13)22-25(33-28)36(15-31-22)27-29(11,30)23-21(39-27)14-38-42(17(3)4,18(5)6)41-43(40-23,19(7)8)20(9)10;1-14(2)37(15(3)4)33-12-18-20(35-38(36-37,16(5)6)17(7)8)25(9,26)23(34-18)32-13-28-19-21(31(10)11)29-24(27)30-22(19)32;/h15-21,23,27H,14H2,1-13H3,(H,32,33,34,37);13-18,20,23H,12H2,1-11H3,(H2,27,29,30);1H/t21-,23-,27-,29-;18-,20-,23-,25-;/m11./s1. The number of hydrogen-bond donors (Lipinski definition) is 2. The molecule has 0 bridgehead atoms. The Balaban J connectivity index is 0.000000262. The van der Waals surface area contributed by atoms with Gasteiger partial charge >= 0.3 is 34.2 Å². The van der Waals surface area contributed by atoms with Gasteiger partial charge in [0.25, 0.3) is 0 Å². The van der Waals surface area contributed by atoms with E-state index < -0.39 is 82.5 Å². The van der Waals surface area contributed by atoms with Crippen molar-refractivity contribution in [3.63, 3.8) is 0 Å². The Morgan fingerprint density at radius 1 is 0.593 bits per heavy atom. The summed E-state index contributed by atoms with van der Waals surface area (Å²) < 4.78 is 92.8. The van der Waals surface area contributed by atoms with E-state index in [9.17, 15) is 4.79 Å². The summed E-state index contributed by atoms with van der Waals surface area (Å²) in [4.78, 5) is 43.1. The predicted molar refractivity (Wildman–Crippen MR) is 324 cm³/mol. The number of nitrogens with two attached hydrogens (primary N) is 1. The maximum absolute atomic E-state index is 17.4. The fraction of sp³-hybridized carbons (Fsp3) is 0.796. The van der Waals surface area contributed by atoms with E-state index in [0.717, 1.165) is 0 Å². The zero-order chi connectivity index (χ0) is 60.6. The molecule has 0 radical (unpaired) electrons. The molecule has 4 aromatic rings. The third-order valence-electron chi connectivity index (χ3n) is 16.9. The number of halogens is 2. The Hall–Kier alpha value is -3.62. The minimum atomic E-state index is -3.07. The van der Waals surface area contributed by atoms with E-state index in [4.69, 9.17) is 41.1 Å². The number of nitrogens with one attached hydrogen (secondary N) is 1. The summed E-state index contributed by atoms with van der Waals surface area (Å²) in [6.45, 7) is 41.2. The number of alkyl halides is 2. The molecule has 21 nitrogen and oxygen atoms in total. The summed E-state index contributed by atoms with van der Waals surface area (Å²) in [6.07, 6.45) is -2.23. The zero-order valence-electron chi connectivity index (χ0n) is 52.7. The average Bonchev–Trinajstić information content (AvgIpc) is 3.98. The summed E-state index contributed by atoms with van der Waals surface area (Å²) in [5.74, 6) is 0.753. The third-order valence-corrected chi connectivity index (χ3v) is 37.4. The molecule has 8 heterocycles. The van der Waals surface area contributed by atoms with E-state index in [1.807, 2.05) is 28.2 Å². The Labute approximate surface area is 485 Å². The number of aromatic nitrogens is 8. The second-order valence-electron chi connectivity index (χ2n) is 26.2. The molecule has 8 rings (SSSR count). The third kappa shape index (κ3) is 11.4. The van der Waals surface area contributed by atoms with Crippen LogP contribution in [0.4, 0.5) is 32.3 Å². The monoisotopic (exact) mass is 1210 g/mol. The van der Waals surface area contributed by atoms with E-state index >= 15 is 8.78 Å². The highest BCUT2D eigenvalue weighted by Crippen LogP contribution is 2.54. The van der Waals surface area contributed by atoms with Gasteiger partial charge in [-0.25, -0.2) is 18.7 Å². The molecular formula is C54H98F2N12O9Si4. The molecule has 0 unspecified atom stereocenters. The molecule has 4 aliphatic heterocycles. The van der Waals surface area contributed by atoms with E-state index in [1.54, 1.807) is 39.1 Å². The number of imidazole rings is 2. The lowest BCUT2D eigenvalue weighted by Crippen LogP contribution is -2.66. The lowest BCUT2D eigenvalue weighted by molar-refractivity contribution is -0.118. The molecule has 8 atom stereocenters. The van der Waals surface area contributed by atoms with Gasteiger partial charge in [0.15, 0.2) is 57.8 Å². The fourth-order valence-corrected chi connectivity index (χ4v) is 35.0. The van der Waals surface area contributed by atoms with Gasteiger partial charge in [0, 0.05) is 35.5 Å². The SMILES string of the molecule is CC(C)C(=O)Nc1nc(N(C)C)c2ncn([C@@H]3O[C@@H]4CO[Si](C(C)C)(C(C)C)O[Si](C(C)C)(C(C)C)O[C@H]4[C@@]3(C)F)c2n1.CC(C)[Si]1(C(C)C)OC[C@H]2O[C@@H](n3cnc4c(N(C)C)nc(N)nc43)[C@](C)(F)[C@@H]2O[Si](C(C)C)(C(C)C)O1.[HH]. The lowest BCUT2D eigenvalue weighted by Gasteiger charge is -2.51. The molecule has 4 aliphatic rings. The molecule has 3 N–H and O–H groups in total. The van der Waals surface area contributed by atoms with Crippen LogP contribution in [0.25, 0.3) is 22.3 Å². The molecular weight excluding hydrogens is 1110 g/mol. The van der Waals surface area contributed by atoms with Crippen molar-refractivity contribution < 1.29 is 50.4 Å². The molecule has 1 amide bonds. The van der Waals surface area contributed by atoms with Crippen molar-refractivity contribution in [2.45, 2.75) is 231 Å². The number of amides is 1. The normalized spacial score (nSPS) is 28.2. The number of nitrogen functional groups attached to an aromatic ring is 1. The molecule has 27 heteroatoms. The van der Waals surface area contributed by atoms with Crippen LogP contribution in [0.3, 0.4) is 0 Å². The van der Waals surface area contributed by atoms with Crippen molar-refractivity contribution >= 4 is 86.0 Å². The predicted octanol–water partition coefficient (Wildman–Crippen LogP) is 11.4. The zero-order valence-corrected chi connectivity index (χ0v) is 56.7. The average molecular weight is 1210 g/mol. The second-order valence-corrected chi connectivity index (χ2v) is 43.9. The van der Waals surface area contributed by atoms with Crippen molar-refractivity contribution in [1.82, 2.24) is 39.0 Å². The lowest BCUT2D eigenvalue weighted by atomic mass is 9.98. The van der Waals surface area contributed by atoms with Gasteiger partial charge in [-0.3, -0.25) is 19.2 Å². The van der Waals surface area contributed by atoms with Crippen LogP contribution in [0.1, 0.15) is 152 Å². The molecule has 4 aromatic heterocycles. The van der Waals surface area contributed by atoms with Crippen molar-refractivity contribution in [3.8, 4) is 0 Å². The van der Waals surface area contributed by atoms with E-state index in [0.29, 0.717) is 34.0 Å². The summed E-state index contributed by atoms with van der Waals surface area (Å²) in [5.41, 5.74) is 4.78. The van der Waals surface area contributed by atoms with E-state index in [2.05, 4.69) is 146 Å². The minimum absolute atomic E-state index is 0. The molecule has 4 saturated heterocycles. The van der Waals surface area contributed by atoms with Crippen molar-refractivity contribution in [2.24, 2.45) is 5.92 Å². The van der Waals surface area contributed by atoms with Crippen LogP contribution in [0.2, 0.25) is 44.3 Å². The van der Waals surface area contributed by atoms with Gasteiger partial charge < -0.3 is 50.9 Å². The summed E-state index contributed by atoms with van der Waals surface area (Å²) in [7, 11) is -4.34. The molecule has 81 heavy (non-hydrogen) atoms. The van der Waals surface area contributed by atoms with Gasteiger partial charge in [-0.15, -0.1) is 0 Å². The number of rotatable bonds is 14. The number of ether oxygens (including phenoxy) is 2. The van der Waals surface area contributed by atoms with Crippen LogP contribution in [-0.2, 0) is 40.2 Å². The van der Waals surface area contributed by atoms with Gasteiger partial charge in [0.2, 0.25) is 17.8 Å². The number of anilines is 4. The number of carbonyl (C=O) groups excluding carboxylic acids is 1. The first-order valence-corrected chi connectivity index (χ1v) is 37.0. The molecule has 4 fully saturated rings. The fourth-order valence-electron chi connectivity index (χ4n) is 12.4. The first kappa shape index (κ1) is 64.9. The van der Waals surface area contributed by atoms with Crippen molar-refractivity contribution in [3.05, 3.63) is 12.7 Å². The quantitative estimate of drug-likeness (QED) is 0.112. The molecule has 458 valence electrons. The highest BCUT2D eigenvalue weighted by Gasteiger charge is 2.67. The number of hydrogen-bond acceptors (Lipinski definition) is 18. The Bertz CT molecular complexity index is 2830. The van der Waals surface area contributed by atoms with Crippen LogP contribution < -0.4 is 20.9 Å². The van der Waals surface area contributed by atoms with Gasteiger partial charge in [-0.1, -0.05) is 125 Å². The smallest absolute Gasteiger partial charge is 0.335 e. The maximum Gasteiger partial charge on any atom is 0.335 e. The van der Waals surface area contributed by atoms with Gasteiger partial charge in [0.1, 0.15) is 24.4 Å². The highest BCUT2D eigenvalue weighted by molar-refractivity contribution is 6.84. The number of fused-ring (bicyclic) bond motifs is 4. The van der Waals surface area contributed by atoms with Gasteiger partial charge in [-0.2, -0.15) is 19.9 Å². The summed E-state index contributed by atoms with van der Waals surface area (Å²) in [6, 6.07) is 0. The van der Waals surface area contributed by atoms with E-state index in [-0.39, 0.29) is 82.7 Å². The number of carbonyl (C=O) groups is 1. The topological polar surface area (TPSA) is 223 Å². The molecule has 0 saturated carbocycles. The molecule has 0 aliphatic carbocycles.